The van der Waals surface area contributed by atoms with E-state index in [1.54, 1.807) is 20.8 Å². The molecule has 0 saturated carbocycles. The highest BCUT2D eigenvalue weighted by molar-refractivity contribution is 5.91. The molecule has 0 aliphatic heterocycles. The van der Waals surface area contributed by atoms with Crippen LogP contribution in [0.3, 0.4) is 0 Å². The highest BCUT2D eigenvalue weighted by Gasteiger charge is 2.30. The third kappa shape index (κ3) is 10.8. The average Bonchev–Trinajstić information content (AvgIpc) is 2.80. The van der Waals surface area contributed by atoms with Crippen molar-refractivity contribution >= 4 is 12.0 Å². The van der Waals surface area contributed by atoms with Gasteiger partial charge in [-0.1, -0.05) is 33.8 Å². The summed E-state index contributed by atoms with van der Waals surface area (Å²) in [5.74, 6) is -1.03. The molecule has 0 aromatic carbocycles. The SMILES string of the molecule is CC.CC.CCNC(=NC)C(OC(=O)OC(C)(C)C)C1=C(F)CC=CC(F)=C1. The van der Waals surface area contributed by atoms with Gasteiger partial charge in [-0.3, -0.25) is 4.99 Å². The first kappa shape index (κ1) is 28.0. The Labute approximate surface area is 168 Å². The first-order valence-corrected chi connectivity index (χ1v) is 9.70. The van der Waals surface area contributed by atoms with Crippen molar-refractivity contribution in [2.45, 2.75) is 73.5 Å². The molecule has 1 unspecified atom stereocenters. The second-order valence-corrected chi connectivity index (χ2v) is 6.10. The van der Waals surface area contributed by atoms with Crippen LogP contribution in [-0.2, 0) is 9.47 Å². The Morgan fingerprint density at radius 2 is 1.82 bits per heavy atom. The van der Waals surface area contributed by atoms with Crippen LogP contribution in [0.15, 0.2) is 40.4 Å². The Balaban J connectivity index is 0. The maximum atomic E-state index is 14.4. The van der Waals surface area contributed by atoms with Crippen LogP contribution in [0.4, 0.5) is 13.6 Å². The number of halogens is 2. The molecule has 0 aromatic heterocycles. The summed E-state index contributed by atoms with van der Waals surface area (Å²) >= 11 is 0. The molecular weight excluding hydrogens is 366 g/mol. The third-order valence-corrected chi connectivity index (χ3v) is 2.91. The van der Waals surface area contributed by atoms with Crippen molar-refractivity contribution in [3.63, 3.8) is 0 Å². The number of hydrogen-bond donors (Lipinski definition) is 1. The first-order chi connectivity index (χ1) is 13.2. The van der Waals surface area contributed by atoms with Gasteiger partial charge in [-0.2, -0.15) is 0 Å². The highest BCUT2D eigenvalue weighted by Crippen LogP contribution is 2.25. The van der Waals surface area contributed by atoms with Crippen LogP contribution in [0.2, 0.25) is 0 Å². The number of hydrogen-bond acceptors (Lipinski definition) is 4. The van der Waals surface area contributed by atoms with E-state index in [2.05, 4.69) is 10.3 Å². The average molecular weight is 403 g/mol. The number of amidine groups is 1. The van der Waals surface area contributed by atoms with Crippen molar-refractivity contribution < 1.29 is 23.0 Å². The van der Waals surface area contributed by atoms with Gasteiger partial charge in [0.2, 0.25) is 0 Å². The van der Waals surface area contributed by atoms with E-state index in [0.29, 0.717) is 6.54 Å². The Morgan fingerprint density at radius 1 is 1.25 bits per heavy atom. The maximum Gasteiger partial charge on any atom is 0.509 e. The predicted molar refractivity (Wildman–Crippen MR) is 112 cm³/mol. The molecule has 0 saturated heterocycles. The molecule has 1 aliphatic rings. The van der Waals surface area contributed by atoms with Gasteiger partial charge < -0.3 is 14.8 Å². The summed E-state index contributed by atoms with van der Waals surface area (Å²) in [6.07, 6.45) is 1.20. The summed E-state index contributed by atoms with van der Waals surface area (Å²) in [7, 11) is 1.47. The van der Waals surface area contributed by atoms with Crippen molar-refractivity contribution in [3.8, 4) is 0 Å². The summed E-state index contributed by atoms with van der Waals surface area (Å²) in [6, 6.07) is 0. The van der Waals surface area contributed by atoms with Gasteiger partial charge in [0.25, 0.3) is 0 Å². The Hall–Kier alpha value is -2.18. The van der Waals surface area contributed by atoms with Gasteiger partial charge >= 0.3 is 6.16 Å². The zero-order valence-electron chi connectivity index (χ0n) is 18.7. The minimum Gasteiger partial charge on any atom is -0.429 e. The van der Waals surface area contributed by atoms with Crippen LogP contribution >= 0.6 is 0 Å². The monoisotopic (exact) mass is 402 g/mol. The second kappa shape index (κ2) is 14.8. The molecule has 1 aliphatic carbocycles. The van der Waals surface area contributed by atoms with Gasteiger partial charge in [-0.25, -0.2) is 13.6 Å². The van der Waals surface area contributed by atoms with Crippen LogP contribution in [0.25, 0.3) is 0 Å². The Bertz CT molecular complexity index is 589. The molecule has 0 amide bonds. The van der Waals surface area contributed by atoms with Crippen LogP contribution in [0.5, 0.6) is 0 Å². The summed E-state index contributed by atoms with van der Waals surface area (Å²) in [4.78, 5) is 16.0. The summed E-state index contributed by atoms with van der Waals surface area (Å²) in [5.41, 5.74) is -0.882. The first-order valence-electron chi connectivity index (χ1n) is 9.70. The van der Waals surface area contributed by atoms with E-state index < -0.39 is 29.5 Å². The van der Waals surface area contributed by atoms with Crippen molar-refractivity contribution in [3.05, 3.63) is 35.5 Å². The molecule has 28 heavy (non-hydrogen) atoms. The van der Waals surface area contributed by atoms with Gasteiger partial charge in [0, 0.05) is 25.6 Å². The topological polar surface area (TPSA) is 59.9 Å². The van der Waals surface area contributed by atoms with E-state index >= 15 is 0 Å². The van der Waals surface area contributed by atoms with Crippen LogP contribution in [-0.4, -0.2) is 37.3 Å². The number of allylic oxidation sites excluding steroid dienone is 4. The van der Waals surface area contributed by atoms with Crippen molar-refractivity contribution in [2.75, 3.05) is 13.6 Å². The zero-order chi connectivity index (χ0) is 22.3. The molecular formula is C21H36F2N2O3. The number of ether oxygens (including phenoxy) is 2. The lowest BCUT2D eigenvalue weighted by molar-refractivity contribution is -0.0109. The predicted octanol–water partition coefficient (Wildman–Crippen LogP) is 6.03. The molecule has 0 aromatic rings. The number of aliphatic imine (C=N–C) groups is 1. The van der Waals surface area contributed by atoms with Crippen molar-refractivity contribution in [2.24, 2.45) is 4.99 Å². The van der Waals surface area contributed by atoms with Gasteiger partial charge in [0.1, 0.15) is 23.1 Å². The van der Waals surface area contributed by atoms with Crippen LogP contribution in [0, 0.1) is 0 Å². The number of carbonyl (C=O) groups is 1. The molecule has 7 heteroatoms. The van der Waals surface area contributed by atoms with Gasteiger partial charge in [-0.15, -0.1) is 0 Å². The minimum atomic E-state index is -1.23. The summed E-state index contributed by atoms with van der Waals surface area (Å²) in [6.45, 7) is 15.3. The summed E-state index contributed by atoms with van der Waals surface area (Å²) in [5, 5.41) is 2.90. The van der Waals surface area contributed by atoms with Gasteiger partial charge in [-0.05, 0) is 39.8 Å². The van der Waals surface area contributed by atoms with E-state index in [9.17, 15) is 13.6 Å². The molecule has 1 atom stereocenters. The normalized spacial score (nSPS) is 15.1. The van der Waals surface area contributed by atoms with Crippen molar-refractivity contribution in [1.29, 1.82) is 0 Å². The second-order valence-electron chi connectivity index (χ2n) is 6.10. The van der Waals surface area contributed by atoms with Crippen molar-refractivity contribution in [1.82, 2.24) is 5.32 Å². The molecule has 0 heterocycles. The fourth-order valence-electron chi connectivity index (χ4n) is 1.99. The number of likely N-dealkylation sites (N-methyl/N-ethyl adjacent to an activating group) is 1. The molecule has 5 nitrogen and oxygen atoms in total. The smallest absolute Gasteiger partial charge is 0.429 e. The maximum absolute atomic E-state index is 14.4. The lowest BCUT2D eigenvalue weighted by Gasteiger charge is -2.24. The lowest BCUT2D eigenvalue weighted by atomic mass is 10.1. The number of nitrogens with one attached hydrogen (secondary N) is 1. The molecule has 0 bridgehead atoms. The molecule has 0 radical (unpaired) electrons. The van der Waals surface area contributed by atoms with Crippen LogP contribution in [0.1, 0.15) is 61.8 Å². The molecule has 1 rings (SSSR count). The van der Waals surface area contributed by atoms with Crippen LogP contribution < -0.4 is 5.32 Å². The summed E-state index contributed by atoms with van der Waals surface area (Å²) < 4.78 is 38.5. The number of carbonyl (C=O) groups excluding carboxylic acids is 1. The molecule has 162 valence electrons. The largest absolute Gasteiger partial charge is 0.509 e. The fraction of sp³-hybridized carbons (Fsp3) is 0.619. The number of nitrogens with zero attached hydrogens (tertiary/aromatic N) is 1. The molecule has 1 N–H and O–H groups in total. The van der Waals surface area contributed by atoms with Gasteiger partial charge in [0.05, 0.1) is 0 Å². The lowest BCUT2D eigenvalue weighted by Crippen LogP contribution is -2.40. The van der Waals surface area contributed by atoms with E-state index in [0.717, 1.165) is 12.2 Å². The van der Waals surface area contributed by atoms with E-state index in [4.69, 9.17) is 9.47 Å². The highest BCUT2D eigenvalue weighted by atomic mass is 19.1. The quantitative estimate of drug-likeness (QED) is 0.354. The Morgan fingerprint density at radius 3 is 2.29 bits per heavy atom. The molecule has 0 fully saturated rings. The minimum absolute atomic E-state index is 0.101. The molecule has 0 spiro atoms. The fourth-order valence-corrected chi connectivity index (χ4v) is 1.99. The zero-order valence-corrected chi connectivity index (χ0v) is 18.7. The third-order valence-electron chi connectivity index (χ3n) is 2.91. The standard InChI is InChI=1S/C17H24F2N2O3.2C2H6/c1-6-21-15(20-5)14(23-16(22)24-17(2,3)4)12-10-11(18)8-7-9-13(12)19;2*1-2/h7-8,10,14H,6,9H2,1-5H3,(H,20,21);2*1-2H3. The van der Waals surface area contributed by atoms with E-state index in [1.165, 1.54) is 13.1 Å². The van der Waals surface area contributed by atoms with Gasteiger partial charge in [0.15, 0.2) is 6.10 Å². The van der Waals surface area contributed by atoms with E-state index in [1.807, 2.05) is 34.6 Å². The number of rotatable bonds is 4. The Kier molecular flexibility index (Phi) is 14.8. The van der Waals surface area contributed by atoms with E-state index in [-0.39, 0.29) is 17.8 Å².